The zero-order valence-electron chi connectivity index (χ0n) is 15.4. The van der Waals surface area contributed by atoms with E-state index >= 15 is 0 Å². The molecule has 0 aliphatic carbocycles. The van der Waals surface area contributed by atoms with Crippen LogP contribution in [0.3, 0.4) is 0 Å². The quantitative estimate of drug-likeness (QED) is 0.496. The highest BCUT2D eigenvalue weighted by Crippen LogP contribution is 2.17. The van der Waals surface area contributed by atoms with Crippen LogP contribution >= 0.6 is 11.3 Å². The second kappa shape index (κ2) is 8.67. The zero-order valence-corrected chi connectivity index (χ0v) is 16.2. The third-order valence-electron chi connectivity index (χ3n) is 4.51. The van der Waals surface area contributed by atoms with Crippen molar-refractivity contribution in [1.82, 2.24) is 14.9 Å². The summed E-state index contributed by atoms with van der Waals surface area (Å²) >= 11 is 1.45. The summed E-state index contributed by atoms with van der Waals surface area (Å²) in [5, 5.41) is 4.90. The van der Waals surface area contributed by atoms with E-state index in [1.54, 1.807) is 0 Å². The van der Waals surface area contributed by atoms with Crippen molar-refractivity contribution < 1.29 is 4.79 Å². The molecule has 0 aliphatic heterocycles. The van der Waals surface area contributed by atoms with Gasteiger partial charge in [0.05, 0.1) is 15.9 Å². The molecule has 0 unspecified atom stereocenters. The number of aromatic nitrogens is 2. The molecule has 4 aromatic rings. The van der Waals surface area contributed by atoms with Crippen LogP contribution in [0.1, 0.15) is 21.1 Å². The lowest BCUT2D eigenvalue weighted by Gasteiger charge is -2.07. The van der Waals surface area contributed by atoms with Gasteiger partial charge in [-0.2, -0.15) is 0 Å². The van der Waals surface area contributed by atoms with Crippen molar-refractivity contribution >= 4 is 34.4 Å². The topological polar surface area (TPSA) is 46.9 Å². The molecular formula is C23H21N3OS. The van der Waals surface area contributed by atoms with Gasteiger partial charge in [0.15, 0.2) is 0 Å². The number of fused-ring (bicyclic) bond motifs is 1. The Hall–Kier alpha value is -3.18. The number of benzene rings is 2. The molecule has 0 radical (unpaired) electrons. The zero-order chi connectivity index (χ0) is 19.2. The molecule has 0 spiro atoms. The smallest absolute Gasteiger partial charge is 0.261 e. The van der Waals surface area contributed by atoms with Crippen LogP contribution in [0.5, 0.6) is 0 Å². The number of imidazole rings is 1. The Morgan fingerprint density at radius 3 is 2.68 bits per heavy atom. The third kappa shape index (κ3) is 4.21. The number of para-hydroxylation sites is 2. The average Bonchev–Trinajstić information content (AvgIpc) is 3.38. The Labute approximate surface area is 168 Å². The first-order valence-corrected chi connectivity index (χ1v) is 10.2. The molecule has 1 N–H and O–H groups in total. The van der Waals surface area contributed by atoms with Crippen molar-refractivity contribution in [3.05, 3.63) is 94.5 Å². The molecule has 0 bridgehead atoms. The Kier molecular flexibility index (Phi) is 5.64. The fourth-order valence-corrected chi connectivity index (χ4v) is 3.80. The molecule has 2 aromatic heterocycles. The average molecular weight is 388 g/mol. The highest BCUT2D eigenvalue weighted by Gasteiger charge is 2.11. The van der Waals surface area contributed by atoms with E-state index < -0.39 is 0 Å². The lowest BCUT2D eigenvalue weighted by atomic mass is 10.2. The molecule has 2 aromatic carbocycles. The number of carbonyl (C=O) groups is 1. The highest BCUT2D eigenvalue weighted by atomic mass is 32.1. The fraction of sp³-hybridized carbons (Fsp3) is 0.130. The van der Waals surface area contributed by atoms with Gasteiger partial charge < -0.3 is 9.88 Å². The molecule has 4 rings (SSSR count). The second-order valence-corrected chi connectivity index (χ2v) is 7.37. The number of nitrogens with zero attached hydrogens (tertiary/aromatic N) is 2. The van der Waals surface area contributed by atoms with Gasteiger partial charge in [0.2, 0.25) is 0 Å². The summed E-state index contributed by atoms with van der Waals surface area (Å²) in [6.45, 7) is 1.30. The number of nitrogens with one attached hydrogen (secondary N) is 1. The Morgan fingerprint density at radius 2 is 1.86 bits per heavy atom. The molecule has 140 valence electrons. The molecule has 0 aliphatic rings. The van der Waals surface area contributed by atoms with Gasteiger partial charge >= 0.3 is 0 Å². The molecule has 0 atom stereocenters. The first kappa shape index (κ1) is 18.2. The standard InChI is InChI=1S/C23H21N3OS/c27-23(21-13-7-17-28-21)24-15-14-22-25-19-11-4-5-12-20(19)26(22)16-6-10-18-8-2-1-3-9-18/h1-13,17H,14-16H2,(H,24,27)/b10-6+. The van der Waals surface area contributed by atoms with E-state index in [1.807, 2.05) is 53.9 Å². The number of allylic oxidation sites excluding steroid dienone is 1. The number of thiophene rings is 1. The van der Waals surface area contributed by atoms with Crippen molar-refractivity contribution in [2.24, 2.45) is 0 Å². The van der Waals surface area contributed by atoms with Crippen LogP contribution in [0.4, 0.5) is 0 Å². The summed E-state index contributed by atoms with van der Waals surface area (Å²) in [5.41, 5.74) is 3.27. The Morgan fingerprint density at radius 1 is 1.04 bits per heavy atom. The van der Waals surface area contributed by atoms with E-state index in [4.69, 9.17) is 4.98 Å². The van der Waals surface area contributed by atoms with E-state index in [0.717, 1.165) is 28.3 Å². The number of carbonyl (C=O) groups excluding carboxylic acids is 1. The summed E-state index contributed by atoms with van der Waals surface area (Å²) in [4.78, 5) is 17.7. The Balaban J connectivity index is 1.48. The summed E-state index contributed by atoms with van der Waals surface area (Å²) in [5.74, 6) is 0.951. The first-order valence-electron chi connectivity index (χ1n) is 9.29. The number of amides is 1. The summed E-state index contributed by atoms with van der Waals surface area (Å²) in [6.07, 6.45) is 4.96. The molecule has 0 saturated carbocycles. The lowest BCUT2D eigenvalue weighted by molar-refractivity contribution is 0.0958. The number of hydrogen-bond acceptors (Lipinski definition) is 3. The predicted octanol–water partition coefficient (Wildman–Crippen LogP) is 4.78. The van der Waals surface area contributed by atoms with E-state index in [9.17, 15) is 4.79 Å². The summed E-state index contributed by atoms with van der Waals surface area (Å²) in [6, 6.07) is 22.1. The molecular weight excluding hydrogens is 366 g/mol. The number of hydrogen-bond donors (Lipinski definition) is 1. The van der Waals surface area contributed by atoms with Gasteiger partial charge in [-0.1, -0.05) is 60.7 Å². The highest BCUT2D eigenvalue weighted by molar-refractivity contribution is 7.12. The minimum atomic E-state index is -0.0263. The van der Waals surface area contributed by atoms with Gasteiger partial charge in [0.1, 0.15) is 5.82 Å². The molecule has 4 nitrogen and oxygen atoms in total. The second-order valence-electron chi connectivity index (χ2n) is 6.42. The van der Waals surface area contributed by atoms with Crippen LogP contribution in [-0.2, 0) is 13.0 Å². The van der Waals surface area contributed by atoms with Crippen LogP contribution in [0, 0.1) is 0 Å². The van der Waals surface area contributed by atoms with Gasteiger partial charge in [-0.05, 0) is 29.1 Å². The first-order chi connectivity index (χ1) is 13.8. The minimum Gasteiger partial charge on any atom is -0.351 e. The summed E-state index contributed by atoms with van der Waals surface area (Å²) in [7, 11) is 0. The van der Waals surface area contributed by atoms with Crippen molar-refractivity contribution in [3.8, 4) is 0 Å². The molecule has 5 heteroatoms. The normalized spacial score (nSPS) is 11.3. The van der Waals surface area contributed by atoms with Crippen LogP contribution in [0.15, 0.2) is 78.2 Å². The van der Waals surface area contributed by atoms with Crippen molar-refractivity contribution in [2.45, 2.75) is 13.0 Å². The van der Waals surface area contributed by atoms with Crippen LogP contribution < -0.4 is 5.32 Å². The maximum atomic E-state index is 12.1. The van der Waals surface area contributed by atoms with Crippen molar-refractivity contribution in [2.75, 3.05) is 6.54 Å². The van der Waals surface area contributed by atoms with E-state index in [1.165, 1.54) is 16.9 Å². The molecule has 28 heavy (non-hydrogen) atoms. The van der Waals surface area contributed by atoms with Crippen LogP contribution in [0.2, 0.25) is 0 Å². The molecule has 0 fully saturated rings. The molecule has 1 amide bonds. The minimum absolute atomic E-state index is 0.0263. The van der Waals surface area contributed by atoms with Crippen molar-refractivity contribution in [3.63, 3.8) is 0 Å². The monoisotopic (exact) mass is 387 g/mol. The van der Waals surface area contributed by atoms with Gasteiger partial charge in [-0.3, -0.25) is 4.79 Å². The largest absolute Gasteiger partial charge is 0.351 e. The lowest BCUT2D eigenvalue weighted by Crippen LogP contribution is -2.25. The predicted molar refractivity (Wildman–Crippen MR) is 116 cm³/mol. The Bertz CT molecular complexity index is 1080. The fourth-order valence-electron chi connectivity index (χ4n) is 3.16. The SMILES string of the molecule is O=C(NCCc1nc2ccccc2n1C/C=C/c1ccccc1)c1cccs1. The van der Waals surface area contributed by atoms with E-state index in [-0.39, 0.29) is 5.91 Å². The van der Waals surface area contributed by atoms with Gasteiger partial charge in [-0.15, -0.1) is 11.3 Å². The maximum absolute atomic E-state index is 12.1. The summed E-state index contributed by atoms with van der Waals surface area (Å²) < 4.78 is 2.21. The van der Waals surface area contributed by atoms with E-state index in [2.05, 4.69) is 40.2 Å². The number of rotatable bonds is 7. The third-order valence-corrected chi connectivity index (χ3v) is 5.38. The van der Waals surface area contributed by atoms with Gasteiger partial charge in [0.25, 0.3) is 5.91 Å². The van der Waals surface area contributed by atoms with Gasteiger partial charge in [0, 0.05) is 19.5 Å². The van der Waals surface area contributed by atoms with E-state index in [0.29, 0.717) is 13.0 Å². The molecule has 0 saturated heterocycles. The van der Waals surface area contributed by atoms with Crippen LogP contribution in [0.25, 0.3) is 17.1 Å². The maximum Gasteiger partial charge on any atom is 0.261 e. The molecule has 2 heterocycles. The van der Waals surface area contributed by atoms with Gasteiger partial charge in [-0.25, -0.2) is 4.98 Å². The van der Waals surface area contributed by atoms with Crippen LogP contribution in [-0.4, -0.2) is 22.0 Å². The van der Waals surface area contributed by atoms with Crippen molar-refractivity contribution in [1.29, 1.82) is 0 Å².